The van der Waals surface area contributed by atoms with Crippen molar-refractivity contribution in [1.82, 2.24) is 0 Å². The van der Waals surface area contributed by atoms with Gasteiger partial charge in [0, 0.05) is 7.11 Å². The fraction of sp³-hybridized carbons (Fsp3) is 0.818. The number of ether oxygens (including phenoxy) is 2. The zero-order chi connectivity index (χ0) is 9.90. The first-order valence-corrected chi connectivity index (χ1v) is 4.88. The van der Waals surface area contributed by atoms with Gasteiger partial charge < -0.3 is 9.47 Å². The van der Waals surface area contributed by atoms with E-state index in [9.17, 15) is 0 Å². The van der Waals surface area contributed by atoms with Crippen LogP contribution in [0.2, 0.25) is 0 Å². The molecule has 76 valence electrons. The molecule has 1 unspecified atom stereocenters. The largest absolute Gasteiger partial charge is 0.381 e. The standard InChI is InChI=1S/C11H20O2/c1-9(7-8-12-4)5-6-10-11(2,3)13-10/h7,10H,5-6,8H2,1-4H3/b9-7+. The van der Waals surface area contributed by atoms with Crippen molar-refractivity contribution in [1.29, 1.82) is 0 Å². The molecule has 2 nitrogen and oxygen atoms in total. The molecule has 1 heterocycles. The molecule has 2 heteroatoms. The minimum Gasteiger partial charge on any atom is -0.381 e. The molecule has 0 radical (unpaired) electrons. The summed E-state index contributed by atoms with van der Waals surface area (Å²) in [5.41, 5.74) is 1.54. The summed E-state index contributed by atoms with van der Waals surface area (Å²) in [6.07, 6.45) is 4.87. The Hall–Kier alpha value is -0.340. The molecule has 0 bridgehead atoms. The van der Waals surface area contributed by atoms with Crippen LogP contribution >= 0.6 is 0 Å². The van der Waals surface area contributed by atoms with Crippen molar-refractivity contribution in [3.05, 3.63) is 11.6 Å². The number of methoxy groups -OCH3 is 1. The molecule has 0 amide bonds. The summed E-state index contributed by atoms with van der Waals surface area (Å²) in [7, 11) is 1.72. The van der Waals surface area contributed by atoms with Crippen molar-refractivity contribution in [3.8, 4) is 0 Å². The molecule has 13 heavy (non-hydrogen) atoms. The fourth-order valence-electron chi connectivity index (χ4n) is 1.43. The van der Waals surface area contributed by atoms with Gasteiger partial charge in [0.1, 0.15) is 0 Å². The second-order valence-corrected chi connectivity index (χ2v) is 4.25. The van der Waals surface area contributed by atoms with Gasteiger partial charge in [-0.1, -0.05) is 11.6 Å². The van der Waals surface area contributed by atoms with Crippen molar-refractivity contribution in [3.63, 3.8) is 0 Å². The Balaban J connectivity index is 2.13. The molecular formula is C11H20O2. The van der Waals surface area contributed by atoms with Gasteiger partial charge in [-0.3, -0.25) is 0 Å². The molecule has 0 aromatic carbocycles. The van der Waals surface area contributed by atoms with Gasteiger partial charge in [-0.15, -0.1) is 0 Å². The van der Waals surface area contributed by atoms with Gasteiger partial charge in [0.15, 0.2) is 0 Å². The van der Waals surface area contributed by atoms with E-state index in [4.69, 9.17) is 9.47 Å². The number of hydrogen-bond donors (Lipinski definition) is 0. The number of allylic oxidation sites excluding steroid dienone is 1. The summed E-state index contributed by atoms with van der Waals surface area (Å²) in [6, 6.07) is 0. The maximum absolute atomic E-state index is 5.50. The van der Waals surface area contributed by atoms with Crippen LogP contribution in [-0.2, 0) is 9.47 Å². The van der Waals surface area contributed by atoms with Crippen molar-refractivity contribution < 1.29 is 9.47 Å². The van der Waals surface area contributed by atoms with Crippen LogP contribution in [0.15, 0.2) is 11.6 Å². The van der Waals surface area contributed by atoms with Crippen molar-refractivity contribution >= 4 is 0 Å². The average Bonchev–Trinajstić information content (AvgIpc) is 2.67. The molecule has 0 spiro atoms. The van der Waals surface area contributed by atoms with E-state index >= 15 is 0 Å². The first-order valence-electron chi connectivity index (χ1n) is 4.88. The smallest absolute Gasteiger partial charge is 0.0892 e. The zero-order valence-corrected chi connectivity index (χ0v) is 9.09. The predicted molar refractivity (Wildman–Crippen MR) is 53.8 cm³/mol. The molecule has 0 saturated carbocycles. The Labute approximate surface area is 80.9 Å². The van der Waals surface area contributed by atoms with Crippen LogP contribution in [0.25, 0.3) is 0 Å². The van der Waals surface area contributed by atoms with Crippen LogP contribution in [0.4, 0.5) is 0 Å². The summed E-state index contributed by atoms with van der Waals surface area (Å²) in [4.78, 5) is 0. The first kappa shape index (κ1) is 10.7. The highest BCUT2D eigenvalue weighted by Crippen LogP contribution is 2.38. The molecular weight excluding hydrogens is 164 g/mol. The topological polar surface area (TPSA) is 21.8 Å². The Bertz CT molecular complexity index is 194. The van der Waals surface area contributed by atoms with E-state index in [-0.39, 0.29) is 5.60 Å². The van der Waals surface area contributed by atoms with E-state index in [2.05, 4.69) is 26.8 Å². The van der Waals surface area contributed by atoms with Gasteiger partial charge in [-0.2, -0.15) is 0 Å². The lowest BCUT2D eigenvalue weighted by atomic mass is 10.0. The molecule has 1 saturated heterocycles. The average molecular weight is 184 g/mol. The minimum atomic E-state index is 0.140. The molecule has 1 rings (SSSR count). The van der Waals surface area contributed by atoms with Crippen LogP contribution < -0.4 is 0 Å². The molecule has 1 atom stereocenters. The number of epoxide rings is 1. The second-order valence-electron chi connectivity index (χ2n) is 4.25. The maximum Gasteiger partial charge on any atom is 0.0892 e. The summed E-state index contributed by atoms with van der Waals surface area (Å²) in [5, 5.41) is 0. The van der Waals surface area contributed by atoms with Crippen molar-refractivity contribution in [2.24, 2.45) is 0 Å². The lowest BCUT2D eigenvalue weighted by Crippen LogP contribution is -2.02. The van der Waals surface area contributed by atoms with Crippen molar-refractivity contribution in [2.75, 3.05) is 13.7 Å². The molecule has 0 aliphatic carbocycles. The molecule has 1 aliphatic rings. The molecule has 1 aliphatic heterocycles. The van der Waals surface area contributed by atoms with Gasteiger partial charge in [0.05, 0.1) is 18.3 Å². The van der Waals surface area contributed by atoms with Gasteiger partial charge in [-0.25, -0.2) is 0 Å². The summed E-state index contributed by atoms with van der Waals surface area (Å²) in [5.74, 6) is 0. The highest BCUT2D eigenvalue weighted by molar-refractivity contribution is 5.02. The normalized spacial score (nSPS) is 26.2. The lowest BCUT2D eigenvalue weighted by Gasteiger charge is -2.00. The zero-order valence-electron chi connectivity index (χ0n) is 9.09. The third-order valence-corrected chi connectivity index (χ3v) is 2.56. The van der Waals surface area contributed by atoms with Gasteiger partial charge in [-0.05, 0) is 33.6 Å². The third-order valence-electron chi connectivity index (χ3n) is 2.56. The Morgan fingerprint density at radius 1 is 1.54 bits per heavy atom. The van der Waals surface area contributed by atoms with Crippen LogP contribution in [0.1, 0.15) is 33.6 Å². The third kappa shape index (κ3) is 3.49. The monoisotopic (exact) mass is 184 g/mol. The Morgan fingerprint density at radius 3 is 2.62 bits per heavy atom. The van der Waals surface area contributed by atoms with Crippen molar-refractivity contribution in [2.45, 2.75) is 45.3 Å². The number of hydrogen-bond acceptors (Lipinski definition) is 2. The van der Waals surface area contributed by atoms with Gasteiger partial charge in [0.2, 0.25) is 0 Å². The lowest BCUT2D eigenvalue weighted by molar-refractivity contribution is 0.233. The Morgan fingerprint density at radius 2 is 2.15 bits per heavy atom. The van der Waals surface area contributed by atoms with Crippen LogP contribution in [0.3, 0.4) is 0 Å². The SMILES string of the molecule is COC/C=C(\C)CCC1OC1(C)C. The molecule has 0 aromatic rings. The highest BCUT2D eigenvalue weighted by Gasteiger charge is 2.46. The quantitative estimate of drug-likeness (QED) is 0.484. The van der Waals surface area contributed by atoms with Gasteiger partial charge >= 0.3 is 0 Å². The van der Waals surface area contributed by atoms with E-state index in [0.717, 1.165) is 19.4 Å². The molecule has 1 fully saturated rings. The van der Waals surface area contributed by atoms with E-state index in [1.807, 2.05) is 0 Å². The summed E-state index contributed by atoms with van der Waals surface area (Å²) < 4.78 is 10.5. The van der Waals surface area contributed by atoms with Gasteiger partial charge in [0.25, 0.3) is 0 Å². The fourth-order valence-corrected chi connectivity index (χ4v) is 1.43. The highest BCUT2D eigenvalue weighted by atomic mass is 16.6. The van der Waals surface area contributed by atoms with E-state index < -0.39 is 0 Å². The van der Waals surface area contributed by atoms with E-state index in [0.29, 0.717) is 6.10 Å². The first-order chi connectivity index (χ1) is 6.06. The van der Waals surface area contributed by atoms with E-state index in [1.54, 1.807) is 7.11 Å². The predicted octanol–water partition coefficient (Wildman–Crippen LogP) is 2.54. The summed E-state index contributed by atoms with van der Waals surface area (Å²) in [6.45, 7) is 7.16. The van der Waals surface area contributed by atoms with Crippen LogP contribution in [0.5, 0.6) is 0 Å². The second kappa shape index (κ2) is 4.25. The van der Waals surface area contributed by atoms with Crippen LogP contribution in [-0.4, -0.2) is 25.4 Å². The maximum atomic E-state index is 5.50. The summed E-state index contributed by atoms with van der Waals surface area (Å²) >= 11 is 0. The molecule has 0 N–H and O–H groups in total. The Kier molecular flexibility index (Phi) is 3.51. The van der Waals surface area contributed by atoms with E-state index in [1.165, 1.54) is 5.57 Å². The van der Waals surface area contributed by atoms with Crippen LogP contribution in [0, 0.1) is 0 Å². The molecule has 0 aromatic heterocycles. The number of rotatable bonds is 5. The minimum absolute atomic E-state index is 0.140.